The van der Waals surface area contributed by atoms with Crippen LogP contribution in [-0.4, -0.2) is 30.9 Å². The summed E-state index contributed by atoms with van der Waals surface area (Å²) < 4.78 is 73.0. The van der Waals surface area contributed by atoms with Crippen LogP contribution in [0.5, 0.6) is 11.5 Å². The van der Waals surface area contributed by atoms with Gasteiger partial charge in [0, 0.05) is 18.3 Å². The van der Waals surface area contributed by atoms with Crippen molar-refractivity contribution in [1.29, 1.82) is 0 Å². The first kappa shape index (κ1) is 28.0. The van der Waals surface area contributed by atoms with Crippen molar-refractivity contribution in [2.45, 2.75) is 5.92 Å². The molecular formula is C18H13NNa2O8S2. The molecule has 152 valence electrons. The van der Waals surface area contributed by atoms with Gasteiger partial charge in [0.2, 0.25) is 0 Å². The molecule has 0 atom stereocenters. The van der Waals surface area contributed by atoms with E-state index in [9.17, 15) is 25.9 Å². The van der Waals surface area contributed by atoms with E-state index in [-0.39, 0.29) is 76.5 Å². The molecule has 0 N–H and O–H groups in total. The van der Waals surface area contributed by atoms with Gasteiger partial charge in [0.1, 0.15) is 11.5 Å². The van der Waals surface area contributed by atoms with E-state index < -0.39 is 20.8 Å². The third-order valence-corrected chi connectivity index (χ3v) is 4.63. The average molecular weight is 481 g/mol. The van der Waals surface area contributed by atoms with Crippen LogP contribution >= 0.6 is 0 Å². The van der Waals surface area contributed by atoms with Crippen molar-refractivity contribution in [3.63, 3.8) is 0 Å². The second-order valence-electron chi connectivity index (χ2n) is 5.84. The second kappa shape index (κ2) is 11.8. The van der Waals surface area contributed by atoms with E-state index in [1.807, 2.05) is 6.07 Å². The fourth-order valence-corrected chi connectivity index (χ4v) is 3.49. The maximum absolute atomic E-state index is 10.7. The standard InChI is InChI=1S/C18H15NO8S2.2Na/c20-28(21,22)26-16-7-3-13(4-8-16)18(15-2-1-11-19-12-15)14-5-9-17(10-6-14)27-29(23,24)25;;/h1-12,18H,(H,20,21,22)(H,23,24,25);;/q;2*+1/p-2. The molecule has 1 heterocycles. The Hall–Kier alpha value is -0.990. The van der Waals surface area contributed by atoms with E-state index in [1.54, 1.807) is 42.7 Å². The van der Waals surface area contributed by atoms with E-state index in [2.05, 4.69) is 13.4 Å². The summed E-state index contributed by atoms with van der Waals surface area (Å²) >= 11 is 0. The molecule has 0 unspecified atom stereocenters. The molecule has 3 aromatic rings. The van der Waals surface area contributed by atoms with Crippen molar-refractivity contribution in [1.82, 2.24) is 4.98 Å². The average Bonchev–Trinajstić information content (AvgIpc) is 2.63. The molecule has 2 aromatic carbocycles. The largest absolute Gasteiger partial charge is 1.00 e. The molecule has 1 aromatic heterocycles. The second-order valence-corrected chi connectivity index (χ2v) is 7.81. The number of aromatic nitrogens is 1. The number of hydrogen-bond donors (Lipinski definition) is 0. The van der Waals surface area contributed by atoms with Gasteiger partial charge in [-0.1, -0.05) is 30.3 Å². The number of benzene rings is 2. The molecule has 31 heavy (non-hydrogen) atoms. The van der Waals surface area contributed by atoms with Gasteiger partial charge in [0.25, 0.3) is 20.8 Å². The van der Waals surface area contributed by atoms with Crippen molar-refractivity contribution >= 4 is 20.8 Å². The first-order chi connectivity index (χ1) is 13.6. The van der Waals surface area contributed by atoms with E-state index in [0.717, 1.165) is 16.7 Å². The van der Waals surface area contributed by atoms with E-state index in [1.165, 1.54) is 24.3 Å². The minimum atomic E-state index is -4.88. The minimum absolute atomic E-state index is 0. The molecular weight excluding hydrogens is 468 g/mol. The van der Waals surface area contributed by atoms with E-state index in [0.29, 0.717) is 0 Å². The van der Waals surface area contributed by atoms with Gasteiger partial charge in [-0.05, 0) is 47.0 Å². The molecule has 0 bridgehead atoms. The van der Waals surface area contributed by atoms with Crippen LogP contribution in [0.4, 0.5) is 0 Å². The topological polar surface area (TPSA) is 146 Å². The summed E-state index contributed by atoms with van der Waals surface area (Å²) in [6.45, 7) is 0. The van der Waals surface area contributed by atoms with Crippen molar-refractivity contribution in [2.75, 3.05) is 0 Å². The van der Waals surface area contributed by atoms with Crippen LogP contribution in [0.25, 0.3) is 0 Å². The summed E-state index contributed by atoms with van der Waals surface area (Å²) in [5.41, 5.74) is 2.24. The van der Waals surface area contributed by atoms with Crippen molar-refractivity contribution in [2.24, 2.45) is 0 Å². The zero-order valence-corrected chi connectivity index (χ0v) is 22.2. The van der Waals surface area contributed by atoms with E-state index in [4.69, 9.17) is 0 Å². The molecule has 0 amide bonds. The number of rotatable bonds is 7. The molecule has 0 aliphatic heterocycles. The molecule has 9 nitrogen and oxygen atoms in total. The molecule has 0 saturated carbocycles. The number of pyridine rings is 1. The Bertz CT molecular complexity index is 1110. The van der Waals surface area contributed by atoms with Crippen LogP contribution in [0.15, 0.2) is 73.1 Å². The van der Waals surface area contributed by atoms with E-state index >= 15 is 0 Å². The molecule has 13 heteroatoms. The Kier molecular flexibility index (Phi) is 10.6. The summed E-state index contributed by atoms with van der Waals surface area (Å²) in [7, 11) is -9.77. The quantitative estimate of drug-likeness (QED) is 0.187. The molecule has 0 radical (unpaired) electrons. The Labute approximate surface area is 224 Å². The van der Waals surface area contributed by atoms with Crippen molar-refractivity contribution < 1.29 is 93.4 Å². The van der Waals surface area contributed by atoms with Crippen LogP contribution in [-0.2, 0) is 20.8 Å². The minimum Gasteiger partial charge on any atom is -0.716 e. The summed E-state index contributed by atoms with van der Waals surface area (Å²) in [6, 6.07) is 15.3. The van der Waals surface area contributed by atoms with Crippen molar-refractivity contribution in [3.05, 3.63) is 89.7 Å². The summed E-state index contributed by atoms with van der Waals surface area (Å²) in [4.78, 5) is 4.10. The van der Waals surface area contributed by atoms with Gasteiger partial charge in [-0.2, -0.15) is 0 Å². The first-order valence-electron chi connectivity index (χ1n) is 8.01. The molecule has 0 aliphatic carbocycles. The molecule has 0 aliphatic rings. The van der Waals surface area contributed by atoms with Crippen LogP contribution < -0.4 is 67.5 Å². The summed E-state index contributed by atoms with van der Waals surface area (Å²) in [5, 5.41) is 0. The predicted molar refractivity (Wildman–Crippen MR) is 98.7 cm³/mol. The van der Waals surface area contributed by atoms with Gasteiger partial charge in [0.15, 0.2) is 0 Å². The maximum Gasteiger partial charge on any atom is 1.00 e. The Balaban J connectivity index is 0.00000240. The third kappa shape index (κ3) is 8.81. The van der Waals surface area contributed by atoms with Gasteiger partial charge in [-0.15, -0.1) is 0 Å². The number of nitrogens with zero attached hydrogens (tertiary/aromatic N) is 1. The predicted octanol–water partition coefficient (Wildman–Crippen LogP) is -4.05. The smallest absolute Gasteiger partial charge is 0.716 e. The maximum atomic E-state index is 10.7. The summed E-state index contributed by atoms with van der Waals surface area (Å²) in [5.74, 6) is -0.615. The Morgan fingerprint density at radius 3 is 1.42 bits per heavy atom. The normalized spacial score (nSPS) is 11.2. The zero-order chi connectivity index (χ0) is 21.1. The van der Waals surface area contributed by atoms with Crippen LogP contribution in [0.3, 0.4) is 0 Å². The molecule has 0 spiro atoms. The fourth-order valence-electron chi connectivity index (χ4n) is 2.79. The van der Waals surface area contributed by atoms with Gasteiger partial charge in [0.05, 0.1) is 0 Å². The zero-order valence-electron chi connectivity index (χ0n) is 16.5. The van der Waals surface area contributed by atoms with Gasteiger partial charge < -0.3 is 17.5 Å². The van der Waals surface area contributed by atoms with Crippen molar-refractivity contribution in [3.8, 4) is 11.5 Å². The first-order valence-corrected chi connectivity index (χ1v) is 10.7. The Morgan fingerprint density at radius 1 is 0.677 bits per heavy atom. The van der Waals surface area contributed by atoms with Gasteiger partial charge in [-0.25, -0.2) is 16.8 Å². The molecule has 0 saturated heterocycles. The summed E-state index contributed by atoms with van der Waals surface area (Å²) in [6.07, 6.45) is 3.25. The number of hydrogen-bond acceptors (Lipinski definition) is 9. The van der Waals surface area contributed by atoms with Gasteiger partial charge >= 0.3 is 59.1 Å². The monoisotopic (exact) mass is 481 g/mol. The van der Waals surface area contributed by atoms with Crippen LogP contribution in [0.1, 0.15) is 22.6 Å². The van der Waals surface area contributed by atoms with Crippen LogP contribution in [0.2, 0.25) is 0 Å². The SMILES string of the molecule is O=S(=O)([O-])Oc1ccc(C(c2ccc(OS(=O)(=O)[O-])cc2)c2cccnc2)cc1.[Na+].[Na+]. The molecule has 3 rings (SSSR count). The Morgan fingerprint density at radius 2 is 1.10 bits per heavy atom. The third-order valence-electron chi connectivity index (χ3n) is 3.84. The molecule has 0 fully saturated rings. The fraction of sp³-hybridized carbons (Fsp3) is 0.0556. The van der Waals surface area contributed by atoms with Gasteiger partial charge in [-0.3, -0.25) is 4.98 Å². The van der Waals surface area contributed by atoms with Crippen LogP contribution in [0, 0.1) is 0 Å².